The Morgan fingerprint density at radius 1 is 1.22 bits per heavy atom. The number of hydrogen-bond acceptors (Lipinski definition) is 4. The number of sulfone groups is 1. The average Bonchev–Trinajstić information content (AvgIpc) is 2.27. The van der Waals surface area contributed by atoms with Crippen molar-refractivity contribution in [3.05, 3.63) is 29.8 Å². The summed E-state index contributed by atoms with van der Waals surface area (Å²) in [6.07, 6.45) is -1.02. The van der Waals surface area contributed by atoms with Crippen LogP contribution in [0, 0.1) is 0 Å². The monoisotopic (exact) mass is 271 g/mol. The quantitative estimate of drug-likeness (QED) is 0.858. The summed E-state index contributed by atoms with van der Waals surface area (Å²) >= 11 is 0. The van der Waals surface area contributed by atoms with E-state index >= 15 is 0 Å². The van der Waals surface area contributed by atoms with Crippen LogP contribution in [-0.2, 0) is 15.3 Å². The molecule has 0 amide bonds. The Morgan fingerprint density at radius 3 is 2.11 bits per heavy atom. The van der Waals surface area contributed by atoms with Gasteiger partial charge in [-0.05, 0) is 23.1 Å². The first-order valence-electron chi connectivity index (χ1n) is 5.88. The molecule has 5 heteroatoms. The molecule has 0 unspecified atom stereocenters. The van der Waals surface area contributed by atoms with E-state index in [-0.39, 0.29) is 22.6 Å². The van der Waals surface area contributed by atoms with E-state index in [1.165, 1.54) is 0 Å². The van der Waals surface area contributed by atoms with Crippen LogP contribution < -0.4 is 5.73 Å². The molecule has 1 aromatic rings. The van der Waals surface area contributed by atoms with Crippen molar-refractivity contribution >= 4 is 9.84 Å². The van der Waals surface area contributed by atoms with Gasteiger partial charge in [0.25, 0.3) is 0 Å². The number of rotatable bonds is 4. The van der Waals surface area contributed by atoms with E-state index in [0.717, 1.165) is 5.56 Å². The van der Waals surface area contributed by atoms with Crippen molar-refractivity contribution in [1.29, 1.82) is 0 Å². The van der Waals surface area contributed by atoms with E-state index in [4.69, 9.17) is 5.73 Å². The van der Waals surface area contributed by atoms with E-state index in [9.17, 15) is 13.5 Å². The molecule has 1 rings (SSSR count). The van der Waals surface area contributed by atoms with Crippen molar-refractivity contribution in [3.63, 3.8) is 0 Å². The molecule has 3 N–H and O–H groups in total. The van der Waals surface area contributed by atoms with Gasteiger partial charge in [0.15, 0.2) is 9.84 Å². The van der Waals surface area contributed by atoms with Gasteiger partial charge in [0, 0.05) is 6.54 Å². The van der Waals surface area contributed by atoms with Crippen molar-refractivity contribution in [1.82, 2.24) is 0 Å². The standard InChI is InChI=1S/C13H21NO3S/c1-13(2,3)10-4-6-12(7-5-10)18(16,17)9-11(15)8-14/h4-7,11,15H,8-9,14H2,1-3H3/t11-/m0/s1. The maximum Gasteiger partial charge on any atom is 0.180 e. The highest BCUT2D eigenvalue weighted by Crippen LogP contribution is 2.23. The molecule has 18 heavy (non-hydrogen) atoms. The van der Waals surface area contributed by atoms with Crippen LogP contribution >= 0.6 is 0 Å². The van der Waals surface area contributed by atoms with Crippen molar-refractivity contribution in [2.24, 2.45) is 5.73 Å². The fourth-order valence-corrected chi connectivity index (χ4v) is 2.97. The van der Waals surface area contributed by atoms with Crippen LogP contribution in [0.3, 0.4) is 0 Å². The van der Waals surface area contributed by atoms with Crippen molar-refractivity contribution in [2.75, 3.05) is 12.3 Å². The van der Waals surface area contributed by atoms with Gasteiger partial charge in [-0.15, -0.1) is 0 Å². The summed E-state index contributed by atoms with van der Waals surface area (Å²) in [5, 5.41) is 9.33. The highest BCUT2D eigenvalue weighted by atomic mass is 32.2. The van der Waals surface area contributed by atoms with Gasteiger partial charge in [0.1, 0.15) is 0 Å². The van der Waals surface area contributed by atoms with Gasteiger partial charge in [0.05, 0.1) is 16.8 Å². The fraction of sp³-hybridized carbons (Fsp3) is 0.538. The summed E-state index contributed by atoms with van der Waals surface area (Å²) in [6, 6.07) is 6.78. The summed E-state index contributed by atoms with van der Waals surface area (Å²) in [4.78, 5) is 0.225. The molecule has 0 heterocycles. The first-order valence-corrected chi connectivity index (χ1v) is 7.53. The molecule has 0 saturated carbocycles. The van der Waals surface area contributed by atoms with Crippen LogP contribution in [0.5, 0.6) is 0 Å². The zero-order valence-electron chi connectivity index (χ0n) is 11.1. The van der Waals surface area contributed by atoms with Crippen molar-refractivity contribution in [2.45, 2.75) is 37.2 Å². The molecule has 102 valence electrons. The molecule has 0 aliphatic heterocycles. The summed E-state index contributed by atoms with van der Waals surface area (Å²) in [5.74, 6) is -0.335. The fourth-order valence-electron chi connectivity index (χ4n) is 1.58. The number of aliphatic hydroxyl groups is 1. The smallest absolute Gasteiger partial charge is 0.180 e. The summed E-state index contributed by atoms with van der Waals surface area (Å²) in [6.45, 7) is 6.14. The van der Waals surface area contributed by atoms with E-state index < -0.39 is 15.9 Å². The third-order valence-corrected chi connectivity index (χ3v) is 4.58. The molecule has 1 aromatic carbocycles. The second-order valence-electron chi connectivity index (χ2n) is 5.45. The average molecular weight is 271 g/mol. The maximum absolute atomic E-state index is 11.9. The first-order chi connectivity index (χ1) is 8.16. The van der Waals surface area contributed by atoms with E-state index in [1.54, 1.807) is 12.1 Å². The number of hydrogen-bond donors (Lipinski definition) is 2. The van der Waals surface area contributed by atoms with Crippen LogP contribution in [0.1, 0.15) is 26.3 Å². The number of benzene rings is 1. The third kappa shape index (κ3) is 3.80. The minimum absolute atomic E-state index is 0.0148. The normalized spacial score (nSPS) is 14.5. The second kappa shape index (κ2) is 5.38. The predicted molar refractivity (Wildman–Crippen MR) is 72.3 cm³/mol. The molecule has 0 radical (unpaired) electrons. The van der Waals surface area contributed by atoms with Gasteiger partial charge in [-0.3, -0.25) is 0 Å². The van der Waals surface area contributed by atoms with Crippen LogP contribution in [0.2, 0.25) is 0 Å². The molecule has 0 aromatic heterocycles. The highest BCUT2D eigenvalue weighted by molar-refractivity contribution is 7.91. The first kappa shape index (κ1) is 15.1. The lowest BCUT2D eigenvalue weighted by Gasteiger charge is -2.19. The van der Waals surface area contributed by atoms with Gasteiger partial charge in [0.2, 0.25) is 0 Å². The molecule has 0 bridgehead atoms. The zero-order chi connectivity index (χ0) is 14.0. The summed E-state index contributed by atoms with van der Waals surface area (Å²) in [5.41, 5.74) is 6.28. The molecule has 0 aliphatic carbocycles. The molecule has 0 aliphatic rings. The van der Waals surface area contributed by atoms with Gasteiger partial charge < -0.3 is 10.8 Å². The minimum atomic E-state index is -3.46. The molecule has 1 atom stereocenters. The zero-order valence-corrected chi connectivity index (χ0v) is 11.9. The maximum atomic E-state index is 11.9. The van der Waals surface area contributed by atoms with Crippen molar-refractivity contribution in [3.8, 4) is 0 Å². The largest absolute Gasteiger partial charge is 0.391 e. The van der Waals surface area contributed by atoms with Crippen LogP contribution in [0.4, 0.5) is 0 Å². The van der Waals surface area contributed by atoms with Gasteiger partial charge in [-0.25, -0.2) is 8.42 Å². The molecular formula is C13H21NO3S. The van der Waals surface area contributed by atoms with E-state index in [1.807, 2.05) is 12.1 Å². The Hall–Kier alpha value is -0.910. The van der Waals surface area contributed by atoms with Crippen LogP contribution in [0.15, 0.2) is 29.2 Å². The lowest BCUT2D eigenvalue weighted by atomic mass is 9.87. The Balaban J connectivity index is 2.98. The van der Waals surface area contributed by atoms with E-state index in [0.29, 0.717) is 0 Å². The molecule has 0 saturated heterocycles. The summed E-state index contributed by atoms with van der Waals surface area (Å²) in [7, 11) is -3.46. The van der Waals surface area contributed by atoms with Gasteiger partial charge in [-0.1, -0.05) is 32.9 Å². The van der Waals surface area contributed by atoms with E-state index in [2.05, 4.69) is 20.8 Å². The Kier molecular flexibility index (Phi) is 4.53. The van der Waals surface area contributed by atoms with Gasteiger partial charge >= 0.3 is 0 Å². The molecule has 4 nitrogen and oxygen atoms in total. The molecule has 0 fully saturated rings. The Labute approximate surface area is 109 Å². The lowest BCUT2D eigenvalue weighted by Crippen LogP contribution is -2.28. The summed E-state index contributed by atoms with van der Waals surface area (Å²) < 4.78 is 23.9. The SMILES string of the molecule is CC(C)(C)c1ccc(S(=O)(=O)C[C@@H](O)CN)cc1. The molecular weight excluding hydrogens is 250 g/mol. The number of aliphatic hydroxyl groups excluding tert-OH is 1. The highest BCUT2D eigenvalue weighted by Gasteiger charge is 2.20. The topological polar surface area (TPSA) is 80.4 Å². The predicted octanol–water partition coefficient (Wildman–Crippen LogP) is 1.08. The lowest BCUT2D eigenvalue weighted by molar-refractivity contribution is 0.205. The van der Waals surface area contributed by atoms with Crippen LogP contribution in [-0.4, -0.2) is 31.9 Å². The van der Waals surface area contributed by atoms with Crippen molar-refractivity contribution < 1.29 is 13.5 Å². The Morgan fingerprint density at radius 2 is 1.72 bits per heavy atom. The van der Waals surface area contributed by atoms with Gasteiger partial charge in [-0.2, -0.15) is 0 Å². The molecule has 0 spiro atoms. The number of nitrogens with two attached hydrogens (primary N) is 1. The second-order valence-corrected chi connectivity index (χ2v) is 7.48. The van der Waals surface area contributed by atoms with Crippen LogP contribution in [0.25, 0.3) is 0 Å². The third-order valence-electron chi connectivity index (χ3n) is 2.76. The minimum Gasteiger partial charge on any atom is -0.391 e. The Bertz CT molecular complexity index is 486.